The summed E-state index contributed by atoms with van der Waals surface area (Å²) in [5, 5.41) is 1.25. The number of hydrogen-bond acceptors (Lipinski definition) is 6. The summed E-state index contributed by atoms with van der Waals surface area (Å²) in [6.07, 6.45) is 3.00. The number of aryl methyl sites for hydroxylation is 1. The second kappa shape index (κ2) is 7.84. The highest BCUT2D eigenvalue weighted by atomic mass is 32.2. The highest BCUT2D eigenvalue weighted by Gasteiger charge is 2.35. The predicted octanol–water partition coefficient (Wildman–Crippen LogP) is 3.49. The van der Waals surface area contributed by atoms with Crippen LogP contribution in [0.15, 0.2) is 6.20 Å². The molecular formula is C15H24N4S3. The van der Waals surface area contributed by atoms with Gasteiger partial charge in [0.05, 0.1) is 0 Å². The van der Waals surface area contributed by atoms with Crippen LogP contribution in [0.25, 0.3) is 0 Å². The van der Waals surface area contributed by atoms with E-state index in [1.807, 2.05) is 36.6 Å². The number of nitrogens with two attached hydrogens (primary N) is 1. The van der Waals surface area contributed by atoms with Crippen molar-refractivity contribution in [2.24, 2.45) is 0 Å². The quantitative estimate of drug-likeness (QED) is 0.783. The molecule has 0 aliphatic carbocycles. The van der Waals surface area contributed by atoms with Crippen LogP contribution in [-0.2, 0) is 6.54 Å². The van der Waals surface area contributed by atoms with Gasteiger partial charge in [-0.25, -0.2) is 9.97 Å². The van der Waals surface area contributed by atoms with Gasteiger partial charge in [-0.2, -0.15) is 11.8 Å². The van der Waals surface area contributed by atoms with Gasteiger partial charge in [-0.05, 0) is 31.3 Å². The van der Waals surface area contributed by atoms with Crippen LogP contribution in [0.2, 0.25) is 0 Å². The van der Waals surface area contributed by atoms with Crippen LogP contribution in [0.1, 0.15) is 38.6 Å². The molecule has 22 heavy (non-hydrogen) atoms. The van der Waals surface area contributed by atoms with Gasteiger partial charge in [-0.15, -0.1) is 0 Å². The average Bonchev–Trinajstić information content (AvgIpc) is 2.69. The molecule has 122 valence electrons. The summed E-state index contributed by atoms with van der Waals surface area (Å²) in [6, 6.07) is 0.422. The Morgan fingerprint density at radius 3 is 2.86 bits per heavy atom. The Labute approximate surface area is 147 Å². The summed E-state index contributed by atoms with van der Waals surface area (Å²) < 4.78 is 0.965. The fourth-order valence-corrected chi connectivity index (χ4v) is 5.23. The first-order chi connectivity index (χ1) is 10.4. The molecule has 0 radical (unpaired) electrons. The predicted molar refractivity (Wildman–Crippen MR) is 102 cm³/mol. The van der Waals surface area contributed by atoms with E-state index in [0.717, 1.165) is 9.88 Å². The summed E-state index contributed by atoms with van der Waals surface area (Å²) >= 11 is 9.40. The van der Waals surface area contributed by atoms with Gasteiger partial charge in [0.1, 0.15) is 16.0 Å². The molecule has 7 heteroatoms. The molecule has 1 fully saturated rings. The van der Waals surface area contributed by atoms with E-state index in [9.17, 15) is 0 Å². The summed E-state index contributed by atoms with van der Waals surface area (Å²) in [5.41, 5.74) is 6.96. The van der Waals surface area contributed by atoms with Gasteiger partial charge >= 0.3 is 0 Å². The first-order valence-corrected chi connectivity index (χ1v) is 9.89. The molecule has 2 N–H and O–H groups in total. The molecule has 2 unspecified atom stereocenters. The van der Waals surface area contributed by atoms with E-state index in [-0.39, 0.29) is 0 Å². The lowest BCUT2D eigenvalue weighted by Gasteiger charge is -2.25. The molecule has 0 saturated carbocycles. The van der Waals surface area contributed by atoms with Crippen LogP contribution in [0.5, 0.6) is 0 Å². The van der Waals surface area contributed by atoms with E-state index in [1.54, 1.807) is 0 Å². The third kappa shape index (κ3) is 4.49. The zero-order chi connectivity index (χ0) is 16.3. The molecule has 1 aromatic heterocycles. The fourth-order valence-electron chi connectivity index (χ4n) is 2.41. The lowest BCUT2D eigenvalue weighted by atomic mass is 10.1. The average molecular weight is 357 g/mol. The van der Waals surface area contributed by atoms with Crippen LogP contribution in [0.4, 0.5) is 5.82 Å². The Balaban J connectivity index is 1.98. The van der Waals surface area contributed by atoms with Gasteiger partial charge in [-0.1, -0.05) is 37.8 Å². The van der Waals surface area contributed by atoms with E-state index < -0.39 is 0 Å². The van der Waals surface area contributed by atoms with E-state index in [1.165, 1.54) is 12.2 Å². The zero-order valence-electron chi connectivity index (χ0n) is 13.6. The molecule has 1 aromatic rings. The number of anilines is 1. The molecule has 1 aliphatic heterocycles. The normalized spacial score (nSPS) is 21.9. The van der Waals surface area contributed by atoms with E-state index in [4.69, 9.17) is 18.0 Å². The highest BCUT2D eigenvalue weighted by Crippen LogP contribution is 2.36. The van der Waals surface area contributed by atoms with Gasteiger partial charge in [0.2, 0.25) is 0 Å². The number of rotatable bonds is 6. The van der Waals surface area contributed by atoms with Crippen molar-refractivity contribution in [3.05, 3.63) is 17.6 Å². The molecule has 2 heterocycles. The first-order valence-electron chi connectivity index (χ1n) is 7.55. The van der Waals surface area contributed by atoms with Crippen molar-refractivity contribution in [2.45, 2.75) is 57.2 Å². The van der Waals surface area contributed by atoms with Crippen LogP contribution in [-0.4, -0.2) is 41.5 Å². The molecule has 4 nitrogen and oxygen atoms in total. The maximum absolute atomic E-state index is 6.01. The first kappa shape index (κ1) is 17.8. The van der Waals surface area contributed by atoms with E-state index in [0.29, 0.717) is 34.7 Å². The second-order valence-corrected chi connectivity index (χ2v) is 9.38. The van der Waals surface area contributed by atoms with E-state index >= 15 is 0 Å². The summed E-state index contributed by atoms with van der Waals surface area (Å²) in [4.78, 5) is 10.7. The Bertz CT molecular complexity index is 536. The van der Waals surface area contributed by atoms with Gasteiger partial charge in [0.15, 0.2) is 0 Å². The third-order valence-electron chi connectivity index (χ3n) is 3.73. The number of thioether (sulfide) groups is 2. The Hall–Kier alpha value is -0.530. The highest BCUT2D eigenvalue weighted by molar-refractivity contribution is 8.23. The van der Waals surface area contributed by atoms with Crippen LogP contribution < -0.4 is 5.73 Å². The third-order valence-corrected chi connectivity index (χ3v) is 6.76. The molecule has 0 aromatic carbocycles. The number of thiocarbonyl (C=S) groups is 1. The van der Waals surface area contributed by atoms with Crippen LogP contribution in [0, 0.1) is 6.92 Å². The fraction of sp³-hybridized carbons (Fsp3) is 0.667. The van der Waals surface area contributed by atoms with Gasteiger partial charge in [0.25, 0.3) is 0 Å². The Morgan fingerprint density at radius 2 is 2.23 bits per heavy atom. The maximum Gasteiger partial charge on any atom is 0.137 e. The topological polar surface area (TPSA) is 55.0 Å². The van der Waals surface area contributed by atoms with Crippen molar-refractivity contribution in [2.75, 3.05) is 11.5 Å². The number of hydrogen-bond donors (Lipinski definition) is 1. The van der Waals surface area contributed by atoms with E-state index in [2.05, 4.69) is 35.6 Å². The minimum atomic E-state index is 0.422. The smallest absolute Gasteiger partial charge is 0.137 e. The summed E-state index contributed by atoms with van der Waals surface area (Å²) in [6.45, 7) is 9.29. The monoisotopic (exact) mass is 356 g/mol. The molecule has 2 rings (SSSR count). The summed E-state index contributed by atoms with van der Waals surface area (Å²) in [5.74, 6) is 2.45. The molecule has 1 aliphatic rings. The molecular weight excluding hydrogens is 332 g/mol. The summed E-state index contributed by atoms with van der Waals surface area (Å²) in [7, 11) is 0. The SMILES string of the molecule is Cc1ncc(CN2C(=S)SC(CCSC(C)C)C2C)c(N)n1. The lowest BCUT2D eigenvalue weighted by molar-refractivity contribution is 0.335. The van der Waals surface area contributed by atoms with Gasteiger partial charge < -0.3 is 10.6 Å². The minimum absolute atomic E-state index is 0.422. The van der Waals surface area contributed by atoms with Crippen molar-refractivity contribution in [1.29, 1.82) is 0 Å². The van der Waals surface area contributed by atoms with Crippen LogP contribution >= 0.6 is 35.7 Å². The zero-order valence-corrected chi connectivity index (χ0v) is 16.0. The van der Waals surface area contributed by atoms with Crippen molar-refractivity contribution in [3.8, 4) is 0 Å². The lowest BCUT2D eigenvalue weighted by Crippen LogP contribution is -2.34. The molecule has 0 amide bonds. The van der Waals surface area contributed by atoms with Crippen LogP contribution in [0.3, 0.4) is 0 Å². The van der Waals surface area contributed by atoms with Crippen molar-refractivity contribution in [3.63, 3.8) is 0 Å². The molecule has 1 saturated heterocycles. The molecule has 2 atom stereocenters. The number of aromatic nitrogens is 2. The Kier molecular flexibility index (Phi) is 6.35. The maximum atomic E-state index is 6.01. The molecule has 0 spiro atoms. The van der Waals surface area contributed by atoms with Gasteiger partial charge in [-0.3, -0.25) is 0 Å². The van der Waals surface area contributed by atoms with Crippen molar-refractivity contribution in [1.82, 2.24) is 14.9 Å². The minimum Gasteiger partial charge on any atom is -0.383 e. The Morgan fingerprint density at radius 1 is 1.50 bits per heavy atom. The van der Waals surface area contributed by atoms with Gasteiger partial charge in [0, 0.05) is 29.6 Å². The largest absolute Gasteiger partial charge is 0.383 e. The van der Waals surface area contributed by atoms with Crippen molar-refractivity contribution < 1.29 is 0 Å². The van der Waals surface area contributed by atoms with Crippen molar-refractivity contribution >= 4 is 45.9 Å². The number of nitrogen functional groups attached to an aromatic ring is 1. The second-order valence-electron chi connectivity index (χ2n) is 5.83. The standard InChI is InChI=1S/C15H24N4S3/c1-9(2)21-6-5-13-10(3)19(15(20)22-13)8-12-7-17-11(4)18-14(12)16/h7,9-10,13H,5-6,8H2,1-4H3,(H2,16,17,18). The number of nitrogens with zero attached hydrogens (tertiary/aromatic N) is 3. The molecule has 0 bridgehead atoms.